The van der Waals surface area contributed by atoms with E-state index in [1.54, 1.807) is 6.08 Å². The van der Waals surface area contributed by atoms with E-state index in [1.165, 1.54) is 5.70 Å². The Bertz CT molecular complexity index is 1190. The molecule has 6 fully saturated rings. The van der Waals surface area contributed by atoms with E-state index in [1.807, 2.05) is 13.8 Å². The lowest BCUT2D eigenvalue weighted by Gasteiger charge is -2.68. The van der Waals surface area contributed by atoms with Crippen LogP contribution in [0, 0.1) is 45.8 Å². The molecule has 5 saturated heterocycles. The first-order valence-electron chi connectivity index (χ1n) is 14.4. The van der Waals surface area contributed by atoms with Crippen molar-refractivity contribution in [2.75, 3.05) is 19.8 Å². The van der Waals surface area contributed by atoms with Gasteiger partial charge in [-0.15, -0.1) is 0 Å². The predicted molar refractivity (Wildman–Crippen MR) is 132 cm³/mol. The monoisotopic (exact) mass is 509 g/mol. The van der Waals surface area contributed by atoms with Gasteiger partial charge in [-0.25, -0.2) is 0 Å². The fourth-order valence-corrected chi connectivity index (χ4v) is 11.1. The van der Waals surface area contributed by atoms with Gasteiger partial charge in [0.15, 0.2) is 11.6 Å². The second-order valence-corrected chi connectivity index (χ2v) is 14.3. The van der Waals surface area contributed by atoms with Gasteiger partial charge < -0.3 is 24.2 Å². The molecule has 11 atom stereocenters. The minimum atomic E-state index is -1.48. The zero-order valence-corrected chi connectivity index (χ0v) is 22.4. The van der Waals surface area contributed by atoms with Gasteiger partial charge in [-0.3, -0.25) is 9.59 Å². The van der Waals surface area contributed by atoms with E-state index in [9.17, 15) is 14.7 Å². The Hall–Kier alpha value is -1.70. The van der Waals surface area contributed by atoms with Gasteiger partial charge in [0.25, 0.3) is 0 Å². The van der Waals surface area contributed by atoms with Crippen molar-refractivity contribution >= 4 is 11.8 Å². The summed E-state index contributed by atoms with van der Waals surface area (Å²) in [5.41, 5.74) is 0.558. The molecule has 37 heavy (non-hydrogen) atoms. The second-order valence-electron chi connectivity index (χ2n) is 14.3. The smallest absolute Gasteiger partial charge is 0.306 e. The highest BCUT2D eigenvalue weighted by Gasteiger charge is 2.81. The molecule has 2 spiro atoms. The normalized spacial score (nSPS) is 57.3. The van der Waals surface area contributed by atoms with E-state index in [0.29, 0.717) is 19.1 Å². The van der Waals surface area contributed by atoms with Crippen LogP contribution in [0.2, 0.25) is 0 Å². The maximum atomic E-state index is 13.5. The van der Waals surface area contributed by atoms with Gasteiger partial charge in [-0.05, 0) is 56.9 Å². The van der Waals surface area contributed by atoms with Crippen molar-refractivity contribution in [1.29, 1.82) is 0 Å². The Labute approximate surface area is 218 Å². The molecular formula is C30H39NO6. The summed E-state index contributed by atoms with van der Waals surface area (Å²) in [6.45, 7) is 10.2. The number of aliphatic hydroxyl groups is 1. The first-order chi connectivity index (χ1) is 17.5. The molecule has 4 bridgehead atoms. The lowest BCUT2D eigenvalue weighted by Crippen LogP contribution is -2.71. The van der Waals surface area contributed by atoms with Crippen molar-refractivity contribution in [3.05, 3.63) is 23.4 Å². The van der Waals surface area contributed by atoms with E-state index < -0.39 is 16.6 Å². The second kappa shape index (κ2) is 6.71. The van der Waals surface area contributed by atoms with Crippen LogP contribution in [-0.4, -0.2) is 59.1 Å². The number of esters is 1. The maximum absolute atomic E-state index is 13.5. The SMILES string of the molecule is CC1=CC(=O)[C@@H]2[C@@H](C1)C13C=C4N5C[C@@H]6C[C@H](C)CC5(CC[C@@]4(C)[C@]4(COC(=O)C4)[C@H]1[C@](O)(OC3)[C@@H]2C)O6. The molecule has 5 heterocycles. The maximum Gasteiger partial charge on any atom is 0.306 e. The van der Waals surface area contributed by atoms with Gasteiger partial charge in [0.05, 0.1) is 25.7 Å². The number of ether oxygens (including phenoxy) is 3. The number of piperidine rings is 1. The molecule has 5 aliphatic heterocycles. The van der Waals surface area contributed by atoms with Crippen molar-refractivity contribution in [3.8, 4) is 0 Å². The number of hydrogen-bond donors (Lipinski definition) is 1. The Morgan fingerprint density at radius 3 is 2.73 bits per heavy atom. The summed E-state index contributed by atoms with van der Waals surface area (Å²) in [6, 6.07) is 0. The highest BCUT2D eigenvalue weighted by molar-refractivity contribution is 5.94. The van der Waals surface area contributed by atoms with Gasteiger partial charge in [0.1, 0.15) is 5.72 Å². The minimum Gasteiger partial charge on any atom is -0.465 e. The van der Waals surface area contributed by atoms with Crippen molar-refractivity contribution in [3.63, 3.8) is 0 Å². The number of fused-ring (bicyclic) bond motifs is 5. The number of ketones is 1. The van der Waals surface area contributed by atoms with Crippen LogP contribution in [0.3, 0.4) is 0 Å². The van der Waals surface area contributed by atoms with Gasteiger partial charge in [-0.2, -0.15) is 0 Å². The van der Waals surface area contributed by atoms with Gasteiger partial charge in [0, 0.05) is 46.2 Å². The van der Waals surface area contributed by atoms with Crippen molar-refractivity contribution in [1.82, 2.24) is 4.90 Å². The van der Waals surface area contributed by atoms with Crippen LogP contribution in [0.5, 0.6) is 0 Å². The van der Waals surface area contributed by atoms with Gasteiger partial charge in [0.2, 0.25) is 0 Å². The van der Waals surface area contributed by atoms with E-state index in [0.717, 1.165) is 44.2 Å². The largest absolute Gasteiger partial charge is 0.465 e. The lowest BCUT2D eigenvalue weighted by atomic mass is 9.37. The van der Waals surface area contributed by atoms with Crippen LogP contribution in [0.1, 0.15) is 66.2 Å². The Morgan fingerprint density at radius 2 is 1.97 bits per heavy atom. The summed E-state index contributed by atoms with van der Waals surface area (Å²) in [5, 5.41) is 12.5. The third-order valence-corrected chi connectivity index (χ3v) is 12.6. The molecule has 3 aliphatic carbocycles. The number of hydrogen-bond acceptors (Lipinski definition) is 7. The standard InChI is InChI=1S/C30H39NO6/c1-16-8-20-24(21(32)9-16)18(3)30(34)25-27(20,14-36-30)11-22-26(4,28(25)12-23(33)35-15-28)5-6-29-10-17(2)7-19(37-29)13-31(22)29/h9,11,17-20,24-25,34H,5-8,10,12-15H2,1-4H3/t17-,18+,19-,20+,24-,25-,26+,27?,28+,29?,30+/m0/s1. The van der Waals surface area contributed by atoms with Crippen LogP contribution >= 0.6 is 0 Å². The summed E-state index contributed by atoms with van der Waals surface area (Å²) in [4.78, 5) is 29.0. The van der Waals surface area contributed by atoms with Crippen molar-refractivity contribution in [2.24, 2.45) is 45.8 Å². The summed E-state index contributed by atoms with van der Waals surface area (Å²) < 4.78 is 19.1. The van der Waals surface area contributed by atoms with Crippen molar-refractivity contribution < 1.29 is 28.9 Å². The number of carbonyl (C=O) groups excluding carboxylic acids is 2. The number of carbonyl (C=O) groups is 2. The Morgan fingerprint density at radius 1 is 1.16 bits per heavy atom. The quantitative estimate of drug-likeness (QED) is 0.500. The number of nitrogens with zero attached hydrogens (tertiary/aromatic N) is 1. The first kappa shape index (κ1) is 23.2. The van der Waals surface area contributed by atoms with Gasteiger partial charge >= 0.3 is 5.97 Å². The molecule has 200 valence electrons. The molecule has 2 unspecified atom stereocenters. The Kier molecular flexibility index (Phi) is 4.21. The molecular weight excluding hydrogens is 470 g/mol. The molecule has 7 nitrogen and oxygen atoms in total. The first-order valence-corrected chi connectivity index (χ1v) is 14.4. The molecule has 0 aromatic heterocycles. The summed E-state index contributed by atoms with van der Waals surface area (Å²) >= 11 is 0. The third-order valence-electron chi connectivity index (χ3n) is 12.6. The van der Waals surface area contributed by atoms with Crippen molar-refractivity contribution in [2.45, 2.75) is 83.8 Å². The molecule has 8 rings (SSSR count). The van der Waals surface area contributed by atoms with E-state index in [-0.39, 0.29) is 59.1 Å². The fourth-order valence-electron chi connectivity index (χ4n) is 11.1. The van der Waals surface area contributed by atoms with Crippen LogP contribution in [0.4, 0.5) is 0 Å². The minimum absolute atomic E-state index is 0.0251. The number of cyclic esters (lactones) is 1. The van der Waals surface area contributed by atoms with E-state index in [4.69, 9.17) is 14.2 Å². The highest BCUT2D eigenvalue weighted by Crippen LogP contribution is 2.78. The average molecular weight is 510 g/mol. The van der Waals surface area contributed by atoms with E-state index in [2.05, 4.69) is 24.8 Å². The van der Waals surface area contributed by atoms with Gasteiger partial charge in [-0.1, -0.05) is 32.4 Å². The van der Waals surface area contributed by atoms with Crippen LogP contribution < -0.4 is 0 Å². The molecule has 0 aromatic rings. The van der Waals surface area contributed by atoms with Crippen LogP contribution in [0.25, 0.3) is 0 Å². The van der Waals surface area contributed by atoms with Crippen LogP contribution in [-0.2, 0) is 23.8 Å². The number of allylic oxidation sites excluding steroid dienone is 3. The number of rotatable bonds is 0. The highest BCUT2D eigenvalue weighted by atomic mass is 16.6. The predicted octanol–water partition coefficient (Wildman–Crippen LogP) is 3.57. The zero-order chi connectivity index (χ0) is 25.8. The Balaban J connectivity index is 1.39. The lowest BCUT2D eigenvalue weighted by molar-refractivity contribution is -0.293. The molecule has 0 amide bonds. The molecule has 7 heteroatoms. The summed E-state index contributed by atoms with van der Waals surface area (Å²) in [6.07, 6.45) is 9.42. The zero-order valence-electron chi connectivity index (χ0n) is 22.4. The molecule has 0 radical (unpaired) electrons. The third kappa shape index (κ3) is 2.43. The average Bonchev–Trinajstić information content (AvgIpc) is 3.43. The summed E-state index contributed by atoms with van der Waals surface area (Å²) in [5.74, 6) is -1.88. The van der Waals surface area contributed by atoms with E-state index >= 15 is 0 Å². The van der Waals surface area contributed by atoms with Crippen LogP contribution in [0.15, 0.2) is 23.4 Å². The molecule has 1 N–H and O–H groups in total. The topological polar surface area (TPSA) is 85.3 Å². The molecule has 1 saturated carbocycles. The summed E-state index contributed by atoms with van der Waals surface area (Å²) in [7, 11) is 0. The molecule has 8 aliphatic rings. The molecule has 0 aromatic carbocycles. The fraction of sp³-hybridized carbons (Fsp3) is 0.800.